The van der Waals surface area contributed by atoms with Gasteiger partial charge in [-0.25, -0.2) is 0 Å². The molecular weight excluding hydrogens is 322 g/mol. The molecule has 0 atom stereocenters. The van der Waals surface area contributed by atoms with Gasteiger partial charge >= 0.3 is 0 Å². The van der Waals surface area contributed by atoms with E-state index in [2.05, 4.69) is 21.6 Å². The predicted octanol–water partition coefficient (Wildman–Crippen LogP) is 4.91. The number of benzene rings is 2. The van der Waals surface area contributed by atoms with Gasteiger partial charge in [0.15, 0.2) is 0 Å². The fourth-order valence-electron chi connectivity index (χ4n) is 2.68. The number of hydrogen-bond acceptors (Lipinski definition) is 2. The quantitative estimate of drug-likeness (QED) is 0.712. The molecule has 2 N–H and O–H groups in total. The maximum absolute atomic E-state index is 12.6. The highest BCUT2D eigenvalue weighted by Gasteiger charge is 2.18. The second kappa shape index (κ2) is 6.49. The number of H-pyrrole nitrogens is 1. The van der Waals surface area contributed by atoms with Crippen LogP contribution in [0.4, 0.5) is 5.69 Å². The molecule has 4 nitrogen and oxygen atoms in total. The Morgan fingerprint density at radius 1 is 1.12 bits per heavy atom. The molecule has 0 bridgehead atoms. The number of amides is 1. The molecule has 0 radical (unpaired) electrons. The number of halogens is 1. The number of anilines is 1. The first-order chi connectivity index (χ1) is 11.5. The van der Waals surface area contributed by atoms with Crippen molar-refractivity contribution in [1.29, 1.82) is 0 Å². The van der Waals surface area contributed by atoms with Crippen LogP contribution in [0.15, 0.2) is 42.5 Å². The van der Waals surface area contributed by atoms with Gasteiger partial charge in [-0.05, 0) is 38.5 Å². The molecule has 0 spiro atoms. The molecule has 0 aliphatic carbocycles. The number of aryl methyl sites for hydroxylation is 3. The molecule has 1 heterocycles. The smallest absolute Gasteiger partial charge is 0.257 e. The first-order valence-corrected chi connectivity index (χ1v) is 8.03. The van der Waals surface area contributed by atoms with E-state index in [9.17, 15) is 4.79 Å². The van der Waals surface area contributed by atoms with Crippen LogP contribution in [0.25, 0.3) is 11.3 Å². The molecule has 0 aliphatic heterocycles. The van der Waals surface area contributed by atoms with E-state index in [0.29, 0.717) is 16.3 Å². The highest BCUT2D eigenvalue weighted by molar-refractivity contribution is 6.34. The number of aromatic amines is 1. The van der Waals surface area contributed by atoms with Crippen molar-refractivity contribution in [2.45, 2.75) is 20.8 Å². The van der Waals surface area contributed by atoms with Crippen LogP contribution >= 0.6 is 11.6 Å². The summed E-state index contributed by atoms with van der Waals surface area (Å²) in [4.78, 5) is 12.6. The average Bonchev–Trinajstić information content (AvgIpc) is 2.89. The van der Waals surface area contributed by atoms with Crippen molar-refractivity contribution < 1.29 is 4.79 Å². The molecule has 1 aromatic heterocycles. The molecule has 0 aliphatic rings. The molecule has 0 saturated carbocycles. The van der Waals surface area contributed by atoms with E-state index in [1.807, 2.05) is 32.9 Å². The molecule has 0 fully saturated rings. The summed E-state index contributed by atoms with van der Waals surface area (Å²) in [7, 11) is 0. The summed E-state index contributed by atoms with van der Waals surface area (Å²) >= 11 is 6.11. The second-order valence-electron chi connectivity index (χ2n) is 5.82. The maximum atomic E-state index is 12.6. The minimum Gasteiger partial charge on any atom is -0.318 e. The molecule has 2 aromatic carbocycles. The number of nitrogens with zero attached hydrogens (tertiary/aromatic N) is 1. The third-order valence-electron chi connectivity index (χ3n) is 3.94. The van der Waals surface area contributed by atoms with Crippen LogP contribution in [-0.4, -0.2) is 16.1 Å². The molecule has 5 heteroatoms. The van der Waals surface area contributed by atoms with Gasteiger partial charge in [-0.1, -0.05) is 47.5 Å². The Hall–Kier alpha value is -2.59. The van der Waals surface area contributed by atoms with Crippen LogP contribution in [0.1, 0.15) is 27.2 Å². The Morgan fingerprint density at radius 2 is 1.88 bits per heavy atom. The minimum atomic E-state index is -0.254. The van der Waals surface area contributed by atoms with Crippen molar-refractivity contribution in [2.24, 2.45) is 0 Å². The highest BCUT2D eigenvalue weighted by Crippen LogP contribution is 2.32. The summed E-state index contributed by atoms with van der Waals surface area (Å²) in [5, 5.41) is 10.7. The molecule has 24 heavy (non-hydrogen) atoms. The van der Waals surface area contributed by atoms with Crippen LogP contribution in [0.2, 0.25) is 5.02 Å². The van der Waals surface area contributed by atoms with Crippen molar-refractivity contribution in [3.63, 3.8) is 0 Å². The van der Waals surface area contributed by atoms with Gasteiger partial charge in [0.25, 0.3) is 5.91 Å². The average molecular weight is 340 g/mol. The SMILES string of the molecule is Cc1ccc(-c2n[nH]c(C)c2NC(=O)c2ccccc2Cl)c(C)c1. The molecule has 3 rings (SSSR count). The van der Waals surface area contributed by atoms with Gasteiger partial charge in [0, 0.05) is 5.56 Å². The van der Waals surface area contributed by atoms with E-state index >= 15 is 0 Å². The van der Waals surface area contributed by atoms with Crippen molar-refractivity contribution >= 4 is 23.2 Å². The van der Waals surface area contributed by atoms with E-state index < -0.39 is 0 Å². The molecular formula is C19H18ClN3O. The molecule has 1 amide bonds. The summed E-state index contributed by atoms with van der Waals surface area (Å²) in [5.74, 6) is -0.254. The topological polar surface area (TPSA) is 57.8 Å². The van der Waals surface area contributed by atoms with Gasteiger partial charge in [0.05, 0.1) is 22.0 Å². The number of nitrogens with one attached hydrogen (secondary N) is 2. The van der Waals surface area contributed by atoms with Crippen LogP contribution in [0.3, 0.4) is 0 Å². The number of rotatable bonds is 3. The van der Waals surface area contributed by atoms with Crippen molar-refractivity contribution in [3.05, 3.63) is 69.9 Å². The minimum absolute atomic E-state index is 0.254. The Labute approximate surface area is 145 Å². The van der Waals surface area contributed by atoms with Gasteiger partial charge in [-0.3, -0.25) is 9.89 Å². The van der Waals surface area contributed by atoms with E-state index in [-0.39, 0.29) is 5.91 Å². The number of aromatic nitrogens is 2. The second-order valence-corrected chi connectivity index (χ2v) is 6.23. The predicted molar refractivity (Wildman–Crippen MR) is 97.6 cm³/mol. The van der Waals surface area contributed by atoms with Crippen molar-refractivity contribution in [2.75, 3.05) is 5.32 Å². The lowest BCUT2D eigenvalue weighted by Crippen LogP contribution is -2.13. The van der Waals surface area contributed by atoms with Crippen molar-refractivity contribution in [3.8, 4) is 11.3 Å². The van der Waals surface area contributed by atoms with E-state index in [1.54, 1.807) is 24.3 Å². The lowest BCUT2D eigenvalue weighted by atomic mass is 10.0. The Bertz CT molecular complexity index is 915. The number of hydrogen-bond donors (Lipinski definition) is 2. The zero-order chi connectivity index (χ0) is 17.3. The van der Waals surface area contributed by atoms with E-state index in [1.165, 1.54) is 5.56 Å². The normalized spacial score (nSPS) is 10.7. The first-order valence-electron chi connectivity index (χ1n) is 7.66. The maximum Gasteiger partial charge on any atom is 0.257 e. The standard InChI is InChI=1S/C19H18ClN3O/c1-11-8-9-14(12(2)10-11)18-17(13(3)22-23-18)21-19(24)15-6-4-5-7-16(15)20/h4-10H,1-3H3,(H,21,24)(H,22,23). The summed E-state index contributed by atoms with van der Waals surface area (Å²) in [6.45, 7) is 5.96. The van der Waals surface area contributed by atoms with Crippen LogP contribution in [0.5, 0.6) is 0 Å². The largest absolute Gasteiger partial charge is 0.318 e. The fourth-order valence-corrected chi connectivity index (χ4v) is 2.90. The zero-order valence-electron chi connectivity index (χ0n) is 13.8. The summed E-state index contributed by atoms with van der Waals surface area (Å²) < 4.78 is 0. The van der Waals surface area contributed by atoms with Gasteiger partial charge in [0.2, 0.25) is 0 Å². The Morgan fingerprint density at radius 3 is 2.58 bits per heavy atom. The zero-order valence-corrected chi connectivity index (χ0v) is 14.5. The highest BCUT2D eigenvalue weighted by atomic mass is 35.5. The van der Waals surface area contributed by atoms with Crippen LogP contribution in [0, 0.1) is 20.8 Å². The first kappa shape index (κ1) is 16.3. The summed E-state index contributed by atoms with van der Waals surface area (Å²) in [5.41, 5.74) is 5.91. The van der Waals surface area contributed by atoms with Crippen LogP contribution < -0.4 is 5.32 Å². The van der Waals surface area contributed by atoms with Gasteiger partial charge < -0.3 is 5.32 Å². The lowest BCUT2D eigenvalue weighted by Gasteiger charge is -2.10. The number of carbonyl (C=O) groups excluding carboxylic acids is 1. The third-order valence-corrected chi connectivity index (χ3v) is 4.27. The van der Waals surface area contributed by atoms with Crippen LogP contribution in [-0.2, 0) is 0 Å². The molecule has 0 unspecified atom stereocenters. The number of carbonyl (C=O) groups is 1. The van der Waals surface area contributed by atoms with E-state index in [4.69, 9.17) is 11.6 Å². The van der Waals surface area contributed by atoms with Crippen molar-refractivity contribution in [1.82, 2.24) is 10.2 Å². The Kier molecular flexibility index (Phi) is 4.40. The summed E-state index contributed by atoms with van der Waals surface area (Å²) in [6.07, 6.45) is 0. The van der Waals surface area contributed by atoms with Gasteiger partial charge in [0.1, 0.15) is 5.69 Å². The van der Waals surface area contributed by atoms with Gasteiger partial charge in [-0.15, -0.1) is 0 Å². The van der Waals surface area contributed by atoms with E-state index in [0.717, 1.165) is 22.5 Å². The summed E-state index contributed by atoms with van der Waals surface area (Å²) in [6, 6.07) is 13.1. The monoisotopic (exact) mass is 339 g/mol. The fraction of sp³-hybridized carbons (Fsp3) is 0.158. The van der Waals surface area contributed by atoms with Gasteiger partial charge in [-0.2, -0.15) is 5.10 Å². The lowest BCUT2D eigenvalue weighted by molar-refractivity contribution is 0.102. The molecule has 3 aromatic rings. The molecule has 122 valence electrons. The Balaban J connectivity index is 1.99. The molecule has 0 saturated heterocycles. The third kappa shape index (κ3) is 3.05.